The molecule has 3 amide bonds. The lowest BCUT2D eigenvalue weighted by molar-refractivity contribution is -0.119. The Morgan fingerprint density at radius 3 is 2.19 bits per heavy atom. The summed E-state index contributed by atoms with van der Waals surface area (Å²) in [5.41, 5.74) is 1.15. The Morgan fingerprint density at radius 2 is 1.50 bits per heavy atom. The Hall–Kier alpha value is -4.05. The Kier molecular flexibility index (Phi) is 9.29. The summed E-state index contributed by atoms with van der Waals surface area (Å²) in [4.78, 5) is 62.7. The van der Waals surface area contributed by atoms with Crippen LogP contribution in [0.15, 0.2) is 42.5 Å². The van der Waals surface area contributed by atoms with Crippen LogP contribution < -0.4 is 5.32 Å². The molecule has 2 aromatic carbocycles. The standard InChI is InChI=1S/C26H28N2O8/c1-3-4-14-35-25(32)17-6-9-19(10-7-17)27-22(29)16-36-26(33)18-8-11-20-21(15-18)24(31)28(23(20)30)12-5-13-34-2/h6-11,15H,3-5,12-14,16H2,1-2H3,(H,27,29). The minimum Gasteiger partial charge on any atom is -0.462 e. The van der Waals surface area contributed by atoms with E-state index in [0.717, 1.165) is 17.7 Å². The number of amides is 3. The normalized spacial score (nSPS) is 12.3. The SMILES string of the molecule is CCCCOC(=O)c1ccc(NC(=O)COC(=O)c2ccc3c(c2)C(=O)N(CCCOC)C3=O)cc1. The highest BCUT2D eigenvalue weighted by Crippen LogP contribution is 2.24. The minimum atomic E-state index is -0.809. The summed E-state index contributed by atoms with van der Waals surface area (Å²) in [5, 5.41) is 2.57. The smallest absolute Gasteiger partial charge is 0.338 e. The molecule has 1 N–H and O–H groups in total. The molecule has 0 spiro atoms. The number of hydrogen-bond donors (Lipinski definition) is 1. The lowest BCUT2D eigenvalue weighted by Gasteiger charge is -2.12. The van der Waals surface area contributed by atoms with Crippen molar-refractivity contribution in [3.05, 3.63) is 64.7 Å². The number of carbonyl (C=O) groups excluding carboxylic acids is 5. The zero-order valence-corrected chi connectivity index (χ0v) is 20.2. The maximum absolute atomic E-state index is 12.6. The maximum atomic E-state index is 12.6. The number of anilines is 1. The molecule has 1 aliphatic rings. The molecule has 0 atom stereocenters. The van der Waals surface area contributed by atoms with Crippen LogP contribution in [0.4, 0.5) is 5.69 Å². The van der Waals surface area contributed by atoms with Gasteiger partial charge in [-0.05, 0) is 55.3 Å². The van der Waals surface area contributed by atoms with Crippen LogP contribution in [0.1, 0.15) is 67.6 Å². The summed E-state index contributed by atoms with van der Waals surface area (Å²) >= 11 is 0. The molecule has 190 valence electrons. The van der Waals surface area contributed by atoms with E-state index in [1.54, 1.807) is 0 Å². The van der Waals surface area contributed by atoms with E-state index in [4.69, 9.17) is 14.2 Å². The average Bonchev–Trinajstić information content (AvgIpc) is 3.12. The van der Waals surface area contributed by atoms with Gasteiger partial charge in [0.05, 0.1) is 28.9 Å². The van der Waals surface area contributed by atoms with Crippen molar-refractivity contribution in [1.82, 2.24) is 4.90 Å². The quantitative estimate of drug-likeness (QED) is 0.270. The van der Waals surface area contributed by atoms with Gasteiger partial charge in [-0.2, -0.15) is 0 Å². The summed E-state index contributed by atoms with van der Waals surface area (Å²) in [6, 6.07) is 10.2. The molecule has 0 saturated heterocycles. The summed E-state index contributed by atoms with van der Waals surface area (Å²) in [7, 11) is 1.53. The number of benzene rings is 2. The first-order chi connectivity index (χ1) is 17.3. The van der Waals surface area contributed by atoms with Crippen LogP contribution in [0.2, 0.25) is 0 Å². The largest absolute Gasteiger partial charge is 0.462 e. The van der Waals surface area contributed by atoms with Gasteiger partial charge in [0.15, 0.2) is 6.61 Å². The Morgan fingerprint density at radius 1 is 0.833 bits per heavy atom. The number of imide groups is 1. The third kappa shape index (κ3) is 6.54. The zero-order valence-electron chi connectivity index (χ0n) is 20.2. The fourth-order valence-electron chi connectivity index (χ4n) is 3.48. The van der Waals surface area contributed by atoms with Crippen LogP contribution in [-0.4, -0.2) is 68.0 Å². The zero-order chi connectivity index (χ0) is 26.1. The van der Waals surface area contributed by atoms with Crippen molar-refractivity contribution in [2.75, 3.05) is 38.8 Å². The van der Waals surface area contributed by atoms with Crippen LogP contribution >= 0.6 is 0 Å². The maximum Gasteiger partial charge on any atom is 0.338 e. The monoisotopic (exact) mass is 496 g/mol. The summed E-state index contributed by atoms with van der Waals surface area (Å²) in [6.07, 6.45) is 2.20. The van der Waals surface area contributed by atoms with Crippen molar-refractivity contribution in [2.24, 2.45) is 0 Å². The number of rotatable bonds is 12. The van der Waals surface area contributed by atoms with Crippen molar-refractivity contribution < 1.29 is 38.2 Å². The van der Waals surface area contributed by atoms with Crippen molar-refractivity contribution >= 4 is 35.3 Å². The Bertz CT molecular complexity index is 1140. The number of esters is 2. The molecule has 0 radical (unpaired) electrons. The van der Waals surface area contributed by atoms with Gasteiger partial charge in [0, 0.05) is 25.9 Å². The van der Waals surface area contributed by atoms with Crippen molar-refractivity contribution in [2.45, 2.75) is 26.2 Å². The van der Waals surface area contributed by atoms with Gasteiger partial charge in [-0.1, -0.05) is 13.3 Å². The van der Waals surface area contributed by atoms with E-state index in [9.17, 15) is 24.0 Å². The van der Waals surface area contributed by atoms with Gasteiger partial charge in [-0.25, -0.2) is 9.59 Å². The molecule has 0 saturated carbocycles. The molecule has 0 fully saturated rings. The first-order valence-corrected chi connectivity index (χ1v) is 11.6. The van der Waals surface area contributed by atoms with Gasteiger partial charge in [0.2, 0.25) is 0 Å². The molecular weight excluding hydrogens is 468 g/mol. The van der Waals surface area contributed by atoms with Gasteiger partial charge in [-0.3, -0.25) is 19.3 Å². The highest BCUT2D eigenvalue weighted by Gasteiger charge is 2.35. The lowest BCUT2D eigenvalue weighted by Crippen LogP contribution is -2.31. The minimum absolute atomic E-state index is 0.0485. The van der Waals surface area contributed by atoms with Crippen LogP contribution in [0.5, 0.6) is 0 Å². The van der Waals surface area contributed by atoms with Crippen molar-refractivity contribution in [3.63, 3.8) is 0 Å². The lowest BCUT2D eigenvalue weighted by atomic mass is 10.1. The number of unbranched alkanes of at least 4 members (excludes halogenated alkanes) is 1. The van der Waals surface area contributed by atoms with Crippen LogP contribution in [-0.2, 0) is 19.0 Å². The van der Waals surface area contributed by atoms with E-state index in [1.165, 1.54) is 49.6 Å². The summed E-state index contributed by atoms with van der Waals surface area (Å²) < 4.78 is 15.1. The molecule has 2 aromatic rings. The second-order valence-electron chi connectivity index (χ2n) is 8.06. The average molecular weight is 497 g/mol. The number of carbonyl (C=O) groups is 5. The van der Waals surface area contributed by atoms with Crippen LogP contribution in [0.3, 0.4) is 0 Å². The first kappa shape index (κ1) is 26.6. The Balaban J connectivity index is 1.52. The fourth-order valence-corrected chi connectivity index (χ4v) is 3.48. The van der Waals surface area contributed by atoms with Gasteiger partial charge >= 0.3 is 11.9 Å². The van der Waals surface area contributed by atoms with Gasteiger partial charge in [-0.15, -0.1) is 0 Å². The number of fused-ring (bicyclic) bond motifs is 1. The van der Waals surface area contributed by atoms with E-state index >= 15 is 0 Å². The molecule has 1 heterocycles. The molecule has 0 bridgehead atoms. The van der Waals surface area contributed by atoms with Gasteiger partial charge in [0.25, 0.3) is 17.7 Å². The molecule has 10 heteroatoms. The molecule has 0 aromatic heterocycles. The molecular formula is C26H28N2O8. The molecule has 36 heavy (non-hydrogen) atoms. The number of hydrogen-bond acceptors (Lipinski definition) is 8. The van der Waals surface area contributed by atoms with E-state index in [2.05, 4.69) is 5.32 Å². The van der Waals surface area contributed by atoms with Gasteiger partial charge < -0.3 is 19.5 Å². The number of ether oxygens (including phenoxy) is 3. The molecule has 10 nitrogen and oxygen atoms in total. The first-order valence-electron chi connectivity index (χ1n) is 11.6. The summed E-state index contributed by atoms with van der Waals surface area (Å²) in [6.45, 7) is 2.40. The third-order valence-corrected chi connectivity index (χ3v) is 5.41. The predicted molar refractivity (Wildman–Crippen MR) is 129 cm³/mol. The second kappa shape index (κ2) is 12.6. The fraction of sp³-hybridized carbons (Fsp3) is 0.346. The van der Waals surface area contributed by atoms with Crippen molar-refractivity contribution in [3.8, 4) is 0 Å². The van der Waals surface area contributed by atoms with Crippen LogP contribution in [0, 0.1) is 0 Å². The van der Waals surface area contributed by atoms with E-state index in [1.807, 2.05) is 6.92 Å². The van der Waals surface area contributed by atoms with Crippen LogP contribution in [0.25, 0.3) is 0 Å². The van der Waals surface area contributed by atoms with E-state index < -0.39 is 36.3 Å². The summed E-state index contributed by atoms with van der Waals surface area (Å²) in [5.74, 6) is -2.75. The number of methoxy groups -OCH3 is 1. The predicted octanol–water partition coefficient (Wildman–Crippen LogP) is 3.07. The highest BCUT2D eigenvalue weighted by atomic mass is 16.5. The topological polar surface area (TPSA) is 128 Å². The number of nitrogens with zero attached hydrogens (tertiary/aromatic N) is 1. The second-order valence-corrected chi connectivity index (χ2v) is 8.06. The number of nitrogens with one attached hydrogen (secondary N) is 1. The third-order valence-electron chi connectivity index (χ3n) is 5.41. The highest BCUT2D eigenvalue weighted by molar-refractivity contribution is 6.22. The Labute approximate surface area is 208 Å². The molecule has 0 unspecified atom stereocenters. The van der Waals surface area contributed by atoms with E-state index in [0.29, 0.717) is 30.9 Å². The molecule has 0 aliphatic carbocycles. The van der Waals surface area contributed by atoms with Crippen molar-refractivity contribution in [1.29, 1.82) is 0 Å². The molecule has 3 rings (SSSR count). The van der Waals surface area contributed by atoms with E-state index in [-0.39, 0.29) is 23.2 Å². The van der Waals surface area contributed by atoms with Gasteiger partial charge in [0.1, 0.15) is 0 Å². The molecule has 1 aliphatic heterocycles.